The van der Waals surface area contributed by atoms with Crippen molar-refractivity contribution in [3.63, 3.8) is 0 Å². The van der Waals surface area contributed by atoms with E-state index in [1.807, 2.05) is 0 Å². The van der Waals surface area contributed by atoms with Gasteiger partial charge in [0.05, 0.1) is 5.41 Å². The Hall–Kier alpha value is -1.35. The number of carbonyl (C=O) groups is 1. The van der Waals surface area contributed by atoms with Gasteiger partial charge in [-0.2, -0.15) is 0 Å². The molecule has 1 saturated heterocycles. The van der Waals surface area contributed by atoms with Crippen molar-refractivity contribution in [1.29, 1.82) is 0 Å². The Labute approximate surface area is 115 Å². The van der Waals surface area contributed by atoms with Crippen LogP contribution in [0.15, 0.2) is 30.3 Å². The molecule has 0 unspecified atom stereocenters. The number of rotatable bonds is 3. The average molecular weight is 258 g/mol. The van der Waals surface area contributed by atoms with Crippen LogP contribution < -0.4 is 5.32 Å². The quantitative estimate of drug-likeness (QED) is 0.843. The van der Waals surface area contributed by atoms with Crippen LogP contribution in [0.2, 0.25) is 0 Å². The van der Waals surface area contributed by atoms with E-state index in [-0.39, 0.29) is 11.3 Å². The van der Waals surface area contributed by atoms with Crippen LogP contribution in [0.4, 0.5) is 0 Å². The van der Waals surface area contributed by atoms with Crippen molar-refractivity contribution in [3.8, 4) is 0 Å². The van der Waals surface area contributed by atoms with Gasteiger partial charge in [-0.3, -0.25) is 9.69 Å². The average Bonchev–Trinajstić information content (AvgIpc) is 2.47. The molecular weight excluding hydrogens is 236 g/mol. The Morgan fingerprint density at radius 2 is 1.95 bits per heavy atom. The van der Waals surface area contributed by atoms with E-state index in [1.165, 1.54) is 5.56 Å². The van der Waals surface area contributed by atoms with Gasteiger partial charge >= 0.3 is 0 Å². The molecule has 2 fully saturated rings. The third kappa shape index (κ3) is 2.39. The van der Waals surface area contributed by atoms with Crippen molar-refractivity contribution >= 4 is 5.91 Å². The van der Waals surface area contributed by atoms with E-state index in [1.54, 1.807) is 0 Å². The van der Waals surface area contributed by atoms with Crippen molar-refractivity contribution in [2.45, 2.75) is 38.3 Å². The molecular formula is C16H22N2O. The van der Waals surface area contributed by atoms with Crippen LogP contribution in [-0.4, -0.2) is 30.4 Å². The van der Waals surface area contributed by atoms with Crippen LogP contribution in [-0.2, 0) is 11.3 Å². The van der Waals surface area contributed by atoms with Crippen LogP contribution >= 0.6 is 0 Å². The second-order valence-electron chi connectivity index (χ2n) is 6.09. The summed E-state index contributed by atoms with van der Waals surface area (Å²) in [4.78, 5) is 14.1. The third-order valence-corrected chi connectivity index (χ3v) is 4.88. The van der Waals surface area contributed by atoms with Crippen LogP contribution in [0.1, 0.15) is 31.2 Å². The van der Waals surface area contributed by atoms with E-state index >= 15 is 0 Å². The molecule has 1 aliphatic carbocycles. The van der Waals surface area contributed by atoms with E-state index < -0.39 is 0 Å². The van der Waals surface area contributed by atoms with Crippen LogP contribution in [0, 0.1) is 5.41 Å². The fourth-order valence-corrected chi connectivity index (χ4v) is 3.41. The normalized spacial score (nSPS) is 30.2. The second kappa shape index (κ2) is 4.97. The van der Waals surface area contributed by atoms with Crippen LogP contribution in [0.25, 0.3) is 0 Å². The standard InChI is InChI=1S/C16H22N2O/c1-18(11-13-5-3-2-4-6-13)14-7-9-16(10-8-14)12-17-15(16)19/h2-6,14H,7-12H2,1H3,(H,17,19). The van der Waals surface area contributed by atoms with Gasteiger partial charge in [-0.25, -0.2) is 0 Å². The molecule has 1 amide bonds. The number of nitrogens with one attached hydrogen (secondary N) is 1. The van der Waals surface area contributed by atoms with E-state index in [0.717, 1.165) is 38.8 Å². The van der Waals surface area contributed by atoms with Gasteiger partial charge in [-0.1, -0.05) is 30.3 Å². The molecule has 0 bridgehead atoms. The molecule has 0 atom stereocenters. The lowest BCUT2D eigenvalue weighted by atomic mass is 9.67. The number of β-lactam (4-membered cyclic amide) rings is 1. The number of amides is 1. The predicted molar refractivity (Wildman–Crippen MR) is 75.6 cm³/mol. The zero-order valence-electron chi connectivity index (χ0n) is 11.6. The van der Waals surface area contributed by atoms with Crippen molar-refractivity contribution in [3.05, 3.63) is 35.9 Å². The molecule has 1 N–H and O–H groups in total. The van der Waals surface area contributed by atoms with Gasteiger partial charge < -0.3 is 5.32 Å². The Morgan fingerprint density at radius 3 is 2.47 bits per heavy atom. The molecule has 1 aromatic carbocycles. The summed E-state index contributed by atoms with van der Waals surface area (Å²) >= 11 is 0. The smallest absolute Gasteiger partial charge is 0.228 e. The molecule has 102 valence electrons. The number of benzene rings is 1. The second-order valence-corrected chi connectivity index (χ2v) is 6.09. The summed E-state index contributed by atoms with van der Waals surface area (Å²) in [6.45, 7) is 1.91. The monoisotopic (exact) mass is 258 g/mol. The molecule has 3 heteroatoms. The summed E-state index contributed by atoms with van der Waals surface area (Å²) in [5.74, 6) is 0.289. The summed E-state index contributed by atoms with van der Waals surface area (Å²) in [6.07, 6.45) is 4.42. The van der Waals surface area contributed by atoms with Gasteiger partial charge in [-0.05, 0) is 38.3 Å². The fourth-order valence-electron chi connectivity index (χ4n) is 3.41. The zero-order chi connectivity index (χ0) is 13.3. The number of hydrogen-bond acceptors (Lipinski definition) is 2. The minimum atomic E-state index is 0.00405. The Bertz CT molecular complexity index is 449. The summed E-state index contributed by atoms with van der Waals surface area (Å²) in [5, 5.41) is 2.90. The first kappa shape index (κ1) is 12.7. The molecule has 19 heavy (non-hydrogen) atoms. The molecule has 3 nitrogen and oxygen atoms in total. The Morgan fingerprint density at radius 1 is 1.26 bits per heavy atom. The SMILES string of the molecule is CN(Cc1ccccc1)C1CCC2(CC1)CNC2=O. The van der Waals surface area contributed by atoms with Crippen LogP contribution in [0.3, 0.4) is 0 Å². The lowest BCUT2D eigenvalue weighted by Gasteiger charge is -2.47. The molecule has 1 spiro atoms. The lowest BCUT2D eigenvalue weighted by molar-refractivity contribution is -0.143. The minimum absolute atomic E-state index is 0.00405. The molecule has 1 saturated carbocycles. The first-order valence-corrected chi connectivity index (χ1v) is 7.22. The maximum absolute atomic E-state index is 11.7. The van der Waals surface area contributed by atoms with Gasteiger partial charge in [-0.15, -0.1) is 0 Å². The minimum Gasteiger partial charge on any atom is -0.354 e. The largest absolute Gasteiger partial charge is 0.354 e. The first-order valence-electron chi connectivity index (χ1n) is 7.22. The van der Waals surface area contributed by atoms with Crippen molar-refractivity contribution in [1.82, 2.24) is 10.2 Å². The summed E-state index contributed by atoms with van der Waals surface area (Å²) in [6, 6.07) is 11.2. The molecule has 0 aromatic heterocycles. The highest BCUT2D eigenvalue weighted by Crippen LogP contribution is 2.41. The van der Waals surface area contributed by atoms with E-state index in [9.17, 15) is 4.79 Å². The Balaban J connectivity index is 1.55. The maximum Gasteiger partial charge on any atom is 0.228 e. The molecule has 1 aliphatic heterocycles. The van der Waals surface area contributed by atoms with Crippen molar-refractivity contribution in [2.24, 2.45) is 5.41 Å². The number of carbonyl (C=O) groups excluding carboxylic acids is 1. The van der Waals surface area contributed by atoms with Crippen molar-refractivity contribution < 1.29 is 4.79 Å². The molecule has 0 radical (unpaired) electrons. The number of hydrogen-bond donors (Lipinski definition) is 1. The molecule has 1 aromatic rings. The molecule has 2 aliphatic rings. The van der Waals surface area contributed by atoms with Gasteiger partial charge in [0, 0.05) is 19.1 Å². The highest BCUT2D eigenvalue weighted by atomic mass is 16.2. The highest BCUT2D eigenvalue weighted by Gasteiger charge is 2.48. The van der Waals surface area contributed by atoms with Gasteiger partial charge in [0.1, 0.15) is 0 Å². The summed E-state index contributed by atoms with van der Waals surface area (Å²) in [5.41, 5.74) is 1.37. The van der Waals surface area contributed by atoms with Gasteiger partial charge in [0.25, 0.3) is 0 Å². The predicted octanol–water partition coefficient (Wildman–Crippen LogP) is 2.18. The summed E-state index contributed by atoms with van der Waals surface area (Å²) in [7, 11) is 2.20. The fraction of sp³-hybridized carbons (Fsp3) is 0.562. The maximum atomic E-state index is 11.7. The zero-order valence-corrected chi connectivity index (χ0v) is 11.6. The third-order valence-electron chi connectivity index (χ3n) is 4.88. The number of nitrogens with zero attached hydrogens (tertiary/aromatic N) is 1. The molecule has 1 heterocycles. The lowest BCUT2D eigenvalue weighted by Crippen LogP contribution is -2.61. The van der Waals surface area contributed by atoms with Gasteiger partial charge in [0.2, 0.25) is 5.91 Å². The van der Waals surface area contributed by atoms with Crippen LogP contribution in [0.5, 0.6) is 0 Å². The van der Waals surface area contributed by atoms with E-state index in [2.05, 4.69) is 47.6 Å². The topological polar surface area (TPSA) is 32.3 Å². The first-order chi connectivity index (χ1) is 9.20. The van der Waals surface area contributed by atoms with Crippen molar-refractivity contribution in [2.75, 3.05) is 13.6 Å². The highest BCUT2D eigenvalue weighted by molar-refractivity contribution is 5.88. The summed E-state index contributed by atoms with van der Waals surface area (Å²) < 4.78 is 0. The van der Waals surface area contributed by atoms with E-state index in [0.29, 0.717) is 6.04 Å². The Kier molecular flexibility index (Phi) is 3.31. The van der Waals surface area contributed by atoms with E-state index in [4.69, 9.17) is 0 Å². The van der Waals surface area contributed by atoms with Gasteiger partial charge in [0.15, 0.2) is 0 Å². The molecule has 3 rings (SSSR count).